The van der Waals surface area contributed by atoms with Gasteiger partial charge in [0.15, 0.2) is 0 Å². The molecule has 8 nitrogen and oxygen atoms in total. The zero-order valence-electron chi connectivity index (χ0n) is 18.9. The predicted molar refractivity (Wildman–Crippen MR) is 128 cm³/mol. The summed E-state index contributed by atoms with van der Waals surface area (Å²) < 4.78 is 4.91. The molecule has 1 aromatic rings. The lowest BCUT2D eigenvalue weighted by molar-refractivity contribution is -0.146. The van der Waals surface area contributed by atoms with Crippen LogP contribution in [0, 0.1) is 11.8 Å². The lowest BCUT2D eigenvalue weighted by Gasteiger charge is -2.26. The normalized spacial score (nSPS) is 21.0. The van der Waals surface area contributed by atoms with Crippen LogP contribution in [0.3, 0.4) is 0 Å². The molecule has 1 aromatic carbocycles. The number of halogens is 1. The molecule has 0 spiro atoms. The van der Waals surface area contributed by atoms with Gasteiger partial charge in [0, 0.05) is 19.3 Å². The van der Waals surface area contributed by atoms with Gasteiger partial charge in [-0.3, -0.25) is 24.1 Å². The SMILES string of the molecule is COCCNC(=O)c1ccc(NC(=O)C(CCSC)N2C(=O)C3CCCCC3C2=O)cc1Cl. The number of rotatable bonds is 10. The van der Waals surface area contributed by atoms with E-state index in [2.05, 4.69) is 10.6 Å². The van der Waals surface area contributed by atoms with Gasteiger partial charge >= 0.3 is 0 Å². The van der Waals surface area contributed by atoms with E-state index < -0.39 is 11.9 Å². The largest absolute Gasteiger partial charge is 0.383 e. The Hall–Kier alpha value is -2.10. The Bertz CT molecular complexity index is 888. The smallest absolute Gasteiger partial charge is 0.252 e. The summed E-state index contributed by atoms with van der Waals surface area (Å²) in [5.41, 5.74) is 0.669. The molecule has 2 aliphatic rings. The van der Waals surface area contributed by atoms with Gasteiger partial charge in [0.1, 0.15) is 6.04 Å². The van der Waals surface area contributed by atoms with Crippen LogP contribution in [0.2, 0.25) is 5.02 Å². The number of carbonyl (C=O) groups is 4. The molecule has 1 heterocycles. The van der Waals surface area contributed by atoms with Gasteiger partial charge in [-0.15, -0.1) is 0 Å². The van der Waals surface area contributed by atoms with Crippen molar-refractivity contribution in [3.05, 3.63) is 28.8 Å². The van der Waals surface area contributed by atoms with Crippen LogP contribution >= 0.6 is 23.4 Å². The van der Waals surface area contributed by atoms with Crippen molar-refractivity contribution >= 4 is 52.7 Å². The number of hydrogen-bond acceptors (Lipinski definition) is 6. The summed E-state index contributed by atoms with van der Waals surface area (Å²) in [6.45, 7) is 0.728. The van der Waals surface area contributed by atoms with E-state index in [4.69, 9.17) is 16.3 Å². The fourth-order valence-electron chi connectivity index (χ4n) is 4.47. The predicted octanol–water partition coefficient (Wildman–Crippen LogP) is 2.95. The topological polar surface area (TPSA) is 105 Å². The van der Waals surface area contributed by atoms with Crippen molar-refractivity contribution < 1.29 is 23.9 Å². The number of anilines is 1. The van der Waals surface area contributed by atoms with Crippen LogP contribution in [0.4, 0.5) is 5.69 Å². The number of benzene rings is 1. The third-order valence-corrected chi connectivity index (χ3v) is 7.11. The van der Waals surface area contributed by atoms with Gasteiger partial charge in [0.2, 0.25) is 17.7 Å². The highest BCUT2D eigenvalue weighted by Gasteiger charge is 2.51. The average molecular weight is 496 g/mol. The second-order valence-corrected chi connectivity index (χ2v) is 9.67. The number of hydrogen-bond donors (Lipinski definition) is 2. The molecule has 1 aliphatic heterocycles. The summed E-state index contributed by atoms with van der Waals surface area (Å²) in [5.74, 6) is -1.21. The van der Waals surface area contributed by atoms with Crippen molar-refractivity contribution in [2.45, 2.75) is 38.1 Å². The minimum Gasteiger partial charge on any atom is -0.383 e. The fourth-order valence-corrected chi connectivity index (χ4v) is 5.19. The lowest BCUT2D eigenvalue weighted by atomic mass is 9.81. The van der Waals surface area contributed by atoms with E-state index in [1.165, 1.54) is 17.0 Å². The molecule has 0 aromatic heterocycles. The Morgan fingerprint density at radius 1 is 1.21 bits per heavy atom. The molecule has 3 rings (SSSR count). The third kappa shape index (κ3) is 5.88. The minimum absolute atomic E-state index is 0.183. The molecule has 1 aliphatic carbocycles. The molecular formula is C23H30ClN3O5S. The Kier molecular flexibility index (Phi) is 9.17. The number of nitrogens with one attached hydrogen (secondary N) is 2. The molecule has 0 radical (unpaired) electrons. The van der Waals surface area contributed by atoms with E-state index in [9.17, 15) is 19.2 Å². The van der Waals surface area contributed by atoms with Gasteiger partial charge in [0.25, 0.3) is 5.91 Å². The first-order valence-corrected chi connectivity index (χ1v) is 12.9. The molecule has 0 bridgehead atoms. The van der Waals surface area contributed by atoms with Crippen molar-refractivity contribution in [3.63, 3.8) is 0 Å². The van der Waals surface area contributed by atoms with E-state index in [-0.39, 0.29) is 40.1 Å². The summed E-state index contributed by atoms with van der Waals surface area (Å²) in [6, 6.07) is 3.72. The van der Waals surface area contributed by atoms with Gasteiger partial charge < -0.3 is 15.4 Å². The first-order chi connectivity index (χ1) is 15.9. The van der Waals surface area contributed by atoms with E-state index >= 15 is 0 Å². The summed E-state index contributed by atoms with van der Waals surface area (Å²) in [5, 5.41) is 5.66. The molecule has 1 saturated carbocycles. The van der Waals surface area contributed by atoms with Gasteiger partial charge in [-0.05, 0) is 49.5 Å². The van der Waals surface area contributed by atoms with Gasteiger partial charge in [-0.25, -0.2) is 0 Å². The second kappa shape index (κ2) is 11.9. The van der Waals surface area contributed by atoms with Crippen LogP contribution in [0.1, 0.15) is 42.5 Å². The van der Waals surface area contributed by atoms with Crippen LogP contribution < -0.4 is 10.6 Å². The average Bonchev–Trinajstić information content (AvgIpc) is 3.05. The number of nitrogens with zero attached hydrogens (tertiary/aromatic N) is 1. The van der Waals surface area contributed by atoms with E-state index in [0.717, 1.165) is 12.8 Å². The molecule has 1 saturated heterocycles. The highest BCUT2D eigenvalue weighted by Crippen LogP contribution is 2.39. The molecule has 10 heteroatoms. The van der Waals surface area contributed by atoms with Crippen molar-refractivity contribution in [1.29, 1.82) is 0 Å². The van der Waals surface area contributed by atoms with Gasteiger partial charge in [0.05, 0.1) is 29.0 Å². The minimum atomic E-state index is -0.876. The lowest BCUT2D eigenvalue weighted by Crippen LogP contribution is -2.48. The van der Waals surface area contributed by atoms with Crippen LogP contribution in [-0.4, -0.2) is 66.8 Å². The van der Waals surface area contributed by atoms with E-state index in [0.29, 0.717) is 43.9 Å². The molecule has 2 N–H and O–H groups in total. The number of likely N-dealkylation sites (tertiary alicyclic amines) is 1. The fraction of sp³-hybridized carbons (Fsp3) is 0.565. The monoisotopic (exact) mass is 495 g/mol. The van der Waals surface area contributed by atoms with Crippen molar-refractivity contribution in [3.8, 4) is 0 Å². The summed E-state index contributed by atoms with van der Waals surface area (Å²) in [4.78, 5) is 52.7. The molecule has 2 fully saturated rings. The van der Waals surface area contributed by atoms with Crippen molar-refractivity contribution in [2.75, 3.05) is 37.6 Å². The molecule has 4 amide bonds. The van der Waals surface area contributed by atoms with E-state index in [1.54, 1.807) is 24.9 Å². The number of methoxy groups -OCH3 is 1. The third-order valence-electron chi connectivity index (χ3n) is 6.16. The number of thioether (sulfide) groups is 1. The zero-order valence-corrected chi connectivity index (χ0v) is 20.5. The second-order valence-electron chi connectivity index (χ2n) is 8.27. The Morgan fingerprint density at radius 2 is 1.88 bits per heavy atom. The highest BCUT2D eigenvalue weighted by atomic mass is 35.5. The highest BCUT2D eigenvalue weighted by molar-refractivity contribution is 7.98. The maximum absolute atomic E-state index is 13.2. The molecule has 3 unspecified atom stereocenters. The Morgan fingerprint density at radius 3 is 2.45 bits per heavy atom. The number of carbonyl (C=O) groups excluding carboxylic acids is 4. The summed E-state index contributed by atoms with van der Waals surface area (Å²) in [7, 11) is 1.54. The number of imide groups is 1. The van der Waals surface area contributed by atoms with Crippen LogP contribution in [0.25, 0.3) is 0 Å². The number of ether oxygens (including phenoxy) is 1. The molecule has 180 valence electrons. The van der Waals surface area contributed by atoms with Crippen LogP contribution in [-0.2, 0) is 19.1 Å². The first kappa shape index (κ1) is 25.5. The number of fused-ring (bicyclic) bond motifs is 1. The van der Waals surface area contributed by atoms with Crippen LogP contribution in [0.15, 0.2) is 18.2 Å². The molecule has 33 heavy (non-hydrogen) atoms. The standard InChI is InChI=1S/C23H30ClN3O5S/c1-32-11-10-25-20(28)17-8-7-14(13-18(17)24)26-21(29)19(9-12-33-2)27-22(30)15-5-3-4-6-16(15)23(27)31/h7-8,13,15-16,19H,3-6,9-12H2,1-2H3,(H,25,28)(H,26,29). The number of amides is 4. The van der Waals surface area contributed by atoms with Crippen LogP contribution in [0.5, 0.6) is 0 Å². The molecule has 3 atom stereocenters. The van der Waals surface area contributed by atoms with Crippen molar-refractivity contribution in [1.82, 2.24) is 10.2 Å². The summed E-state index contributed by atoms with van der Waals surface area (Å²) >= 11 is 7.83. The van der Waals surface area contributed by atoms with E-state index in [1.807, 2.05) is 6.26 Å². The van der Waals surface area contributed by atoms with Gasteiger partial charge in [-0.1, -0.05) is 24.4 Å². The first-order valence-electron chi connectivity index (χ1n) is 11.1. The Labute approximate surface area is 203 Å². The summed E-state index contributed by atoms with van der Waals surface area (Å²) in [6.07, 6.45) is 5.55. The van der Waals surface area contributed by atoms with Crippen molar-refractivity contribution in [2.24, 2.45) is 11.8 Å². The zero-order chi connectivity index (χ0) is 24.0. The quantitative estimate of drug-likeness (QED) is 0.382. The maximum Gasteiger partial charge on any atom is 0.252 e. The van der Waals surface area contributed by atoms with Gasteiger partial charge in [-0.2, -0.15) is 11.8 Å². The maximum atomic E-state index is 13.2. The Balaban J connectivity index is 1.74. The molecular weight excluding hydrogens is 466 g/mol.